The van der Waals surface area contributed by atoms with Crippen LogP contribution in [0.3, 0.4) is 0 Å². The van der Waals surface area contributed by atoms with Crippen LogP contribution < -0.4 is 10.5 Å². The predicted molar refractivity (Wildman–Crippen MR) is 57.7 cm³/mol. The Morgan fingerprint density at radius 2 is 2.27 bits per heavy atom. The van der Waals surface area contributed by atoms with E-state index < -0.39 is 0 Å². The summed E-state index contributed by atoms with van der Waals surface area (Å²) < 4.78 is 5.15. The maximum Gasteiger partial charge on any atom is 0.127 e. The fourth-order valence-corrected chi connectivity index (χ4v) is 1.72. The summed E-state index contributed by atoms with van der Waals surface area (Å²) in [6.07, 6.45) is 2.04. The van der Waals surface area contributed by atoms with Gasteiger partial charge in [-0.15, -0.1) is 0 Å². The van der Waals surface area contributed by atoms with Crippen LogP contribution in [0, 0.1) is 0 Å². The molecule has 0 saturated heterocycles. The molecule has 1 aliphatic carbocycles. The summed E-state index contributed by atoms with van der Waals surface area (Å²) >= 11 is 0. The first-order chi connectivity index (χ1) is 7.21. The van der Waals surface area contributed by atoms with Crippen LogP contribution in [0.1, 0.15) is 18.7 Å². The first kappa shape index (κ1) is 8.73. The Balaban J connectivity index is 2.13. The molecule has 4 nitrogen and oxygen atoms in total. The summed E-state index contributed by atoms with van der Waals surface area (Å²) in [6, 6.07) is 5.79. The Labute approximate surface area is 87.4 Å². The van der Waals surface area contributed by atoms with Gasteiger partial charge < -0.3 is 15.5 Å². The molecule has 0 amide bonds. The lowest BCUT2D eigenvalue weighted by Gasteiger charge is -2.01. The molecule has 1 heterocycles. The molecule has 15 heavy (non-hydrogen) atoms. The smallest absolute Gasteiger partial charge is 0.127 e. The number of imidazole rings is 1. The number of hydrogen-bond donors (Lipinski definition) is 2. The second kappa shape index (κ2) is 2.73. The number of hydrogen-bond acceptors (Lipinski definition) is 3. The van der Waals surface area contributed by atoms with E-state index in [0.717, 1.165) is 35.4 Å². The number of nitrogens with two attached hydrogens (primary N) is 1. The highest BCUT2D eigenvalue weighted by molar-refractivity contribution is 5.77. The Morgan fingerprint density at radius 1 is 1.47 bits per heavy atom. The third-order valence-electron chi connectivity index (χ3n) is 2.95. The average Bonchev–Trinajstić information content (AvgIpc) is 2.85. The minimum atomic E-state index is -0.202. The summed E-state index contributed by atoms with van der Waals surface area (Å²) in [5, 5.41) is 0. The van der Waals surface area contributed by atoms with Crippen LogP contribution >= 0.6 is 0 Å². The van der Waals surface area contributed by atoms with Crippen LogP contribution in [0.4, 0.5) is 0 Å². The third-order valence-corrected chi connectivity index (χ3v) is 2.95. The van der Waals surface area contributed by atoms with Gasteiger partial charge in [0.1, 0.15) is 11.6 Å². The summed E-state index contributed by atoms with van der Waals surface area (Å²) in [6.45, 7) is 0. The fourth-order valence-electron chi connectivity index (χ4n) is 1.72. The molecule has 0 spiro atoms. The van der Waals surface area contributed by atoms with Crippen molar-refractivity contribution < 1.29 is 4.74 Å². The largest absolute Gasteiger partial charge is 0.497 e. The molecule has 1 aromatic heterocycles. The molecule has 1 saturated carbocycles. The standard InChI is InChI=1S/C11H13N3O/c1-15-7-2-3-8-9(6-7)14-10(13-8)11(12)4-5-11/h2-3,6H,4-5,12H2,1H3,(H,13,14). The Kier molecular flexibility index (Phi) is 1.59. The number of benzene rings is 1. The summed E-state index contributed by atoms with van der Waals surface area (Å²) in [5.74, 6) is 1.73. The van der Waals surface area contributed by atoms with E-state index in [2.05, 4.69) is 9.97 Å². The minimum absolute atomic E-state index is 0.202. The van der Waals surface area contributed by atoms with E-state index in [1.807, 2.05) is 18.2 Å². The molecule has 0 aliphatic heterocycles. The zero-order chi connectivity index (χ0) is 10.5. The van der Waals surface area contributed by atoms with Crippen molar-refractivity contribution >= 4 is 11.0 Å². The molecule has 0 radical (unpaired) electrons. The second-order valence-electron chi connectivity index (χ2n) is 4.12. The number of ether oxygens (including phenoxy) is 1. The molecule has 3 rings (SSSR count). The van der Waals surface area contributed by atoms with Crippen molar-refractivity contribution in [2.24, 2.45) is 5.73 Å². The highest BCUT2D eigenvalue weighted by atomic mass is 16.5. The molecule has 4 heteroatoms. The molecule has 3 N–H and O–H groups in total. The predicted octanol–water partition coefficient (Wildman–Crippen LogP) is 1.52. The van der Waals surface area contributed by atoms with E-state index in [1.54, 1.807) is 7.11 Å². The van der Waals surface area contributed by atoms with Gasteiger partial charge >= 0.3 is 0 Å². The van der Waals surface area contributed by atoms with E-state index in [0.29, 0.717) is 0 Å². The molecular weight excluding hydrogens is 190 g/mol. The van der Waals surface area contributed by atoms with Crippen LogP contribution in [-0.2, 0) is 5.54 Å². The molecule has 1 fully saturated rings. The number of fused-ring (bicyclic) bond motifs is 1. The SMILES string of the molecule is COc1ccc2nc(C3(N)CC3)[nH]c2c1. The zero-order valence-electron chi connectivity index (χ0n) is 8.58. The average molecular weight is 203 g/mol. The summed E-state index contributed by atoms with van der Waals surface area (Å²) in [5.41, 5.74) is 7.81. The van der Waals surface area contributed by atoms with Gasteiger partial charge in [-0.3, -0.25) is 0 Å². The molecule has 1 aliphatic rings. The molecule has 78 valence electrons. The Hall–Kier alpha value is -1.55. The van der Waals surface area contributed by atoms with E-state index in [1.165, 1.54) is 0 Å². The van der Waals surface area contributed by atoms with Crippen LogP contribution in [0.15, 0.2) is 18.2 Å². The topological polar surface area (TPSA) is 63.9 Å². The van der Waals surface area contributed by atoms with Gasteiger partial charge in [0.2, 0.25) is 0 Å². The molecule has 0 atom stereocenters. The molecule has 0 unspecified atom stereocenters. The number of aromatic amines is 1. The number of nitrogens with zero attached hydrogens (tertiary/aromatic N) is 1. The quantitative estimate of drug-likeness (QED) is 0.777. The van der Waals surface area contributed by atoms with Gasteiger partial charge in [0.05, 0.1) is 23.7 Å². The molecule has 0 bridgehead atoms. The van der Waals surface area contributed by atoms with Crippen LogP contribution in [-0.4, -0.2) is 17.1 Å². The molecule has 2 aromatic rings. The van der Waals surface area contributed by atoms with Gasteiger partial charge in [-0.25, -0.2) is 4.98 Å². The van der Waals surface area contributed by atoms with Gasteiger partial charge in [-0.2, -0.15) is 0 Å². The molecular formula is C11H13N3O. The van der Waals surface area contributed by atoms with Crippen molar-refractivity contribution in [3.05, 3.63) is 24.0 Å². The first-order valence-electron chi connectivity index (χ1n) is 5.04. The van der Waals surface area contributed by atoms with E-state index in [4.69, 9.17) is 10.5 Å². The van der Waals surface area contributed by atoms with Gasteiger partial charge in [0.15, 0.2) is 0 Å². The highest BCUT2D eigenvalue weighted by Crippen LogP contribution is 2.41. The normalized spacial score (nSPS) is 18.0. The maximum absolute atomic E-state index is 6.08. The van der Waals surface area contributed by atoms with Crippen molar-refractivity contribution in [1.29, 1.82) is 0 Å². The van der Waals surface area contributed by atoms with Crippen molar-refractivity contribution in [2.45, 2.75) is 18.4 Å². The summed E-state index contributed by atoms with van der Waals surface area (Å²) in [7, 11) is 1.66. The van der Waals surface area contributed by atoms with Gasteiger partial charge in [0.25, 0.3) is 0 Å². The van der Waals surface area contributed by atoms with E-state index in [9.17, 15) is 0 Å². The van der Waals surface area contributed by atoms with Crippen molar-refractivity contribution in [3.8, 4) is 5.75 Å². The van der Waals surface area contributed by atoms with E-state index >= 15 is 0 Å². The van der Waals surface area contributed by atoms with Crippen LogP contribution in [0.25, 0.3) is 11.0 Å². The lowest BCUT2D eigenvalue weighted by Crippen LogP contribution is -2.20. The first-order valence-corrected chi connectivity index (χ1v) is 5.04. The lowest BCUT2D eigenvalue weighted by molar-refractivity contribution is 0.415. The Morgan fingerprint density at radius 3 is 2.93 bits per heavy atom. The fraction of sp³-hybridized carbons (Fsp3) is 0.364. The Bertz CT molecular complexity index is 514. The summed E-state index contributed by atoms with van der Waals surface area (Å²) in [4.78, 5) is 7.74. The van der Waals surface area contributed by atoms with Crippen LogP contribution in [0.2, 0.25) is 0 Å². The van der Waals surface area contributed by atoms with E-state index in [-0.39, 0.29) is 5.54 Å². The number of nitrogens with one attached hydrogen (secondary N) is 1. The van der Waals surface area contributed by atoms with Gasteiger partial charge in [0, 0.05) is 6.07 Å². The van der Waals surface area contributed by atoms with Gasteiger partial charge in [-0.1, -0.05) is 0 Å². The number of aromatic nitrogens is 2. The second-order valence-corrected chi connectivity index (χ2v) is 4.12. The number of H-pyrrole nitrogens is 1. The highest BCUT2D eigenvalue weighted by Gasteiger charge is 2.42. The van der Waals surface area contributed by atoms with Crippen LogP contribution in [0.5, 0.6) is 5.75 Å². The molecule has 1 aromatic carbocycles. The van der Waals surface area contributed by atoms with Gasteiger partial charge in [-0.05, 0) is 25.0 Å². The van der Waals surface area contributed by atoms with Crippen molar-refractivity contribution in [1.82, 2.24) is 9.97 Å². The minimum Gasteiger partial charge on any atom is -0.497 e. The van der Waals surface area contributed by atoms with Crippen molar-refractivity contribution in [3.63, 3.8) is 0 Å². The monoisotopic (exact) mass is 203 g/mol. The number of methoxy groups -OCH3 is 1. The van der Waals surface area contributed by atoms with Crippen molar-refractivity contribution in [2.75, 3.05) is 7.11 Å². The lowest BCUT2D eigenvalue weighted by atomic mass is 10.3. The zero-order valence-corrected chi connectivity index (χ0v) is 8.58. The third kappa shape index (κ3) is 1.29. The number of rotatable bonds is 2. The maximum atomic E-state index is 6.08.